The molecule has 2 aromatic heterocycles. The van der Waals surface area contributed by atoms with Crippen LogP contribution in [0.15, 0.2) is 41.2 Å². The number of carbonyl (C=O) groups is 1. The molecule has 7 nitrogen and oxygen atoms in total. The molecule has 118 valence electrons. The fourth-order valence-corrected chi connectivity index (χ4v) is 2.23. The zero-order valence-electron chi connectivity index (χ0n) is 13.0. The van der Waals surface area contributed by atoms with Crippen molar-refractivity contribution in [3.8, 4) is 11.1 Å². The molecule has 1 amide bonds. The van der Waals surface area contributed by atoms with Gasteiger partial charge in [0.05, 0.1) is 12.7 Å². The predicted molar refractivity (Wildman–Crippen MR) is 83.5 cm³/mol. The summed E-state index contributed by atoms with van der Waals surface area (Å²) in [4.78, 5) is 18.3. The molecule has 23 heavy (non-hydrogen) atoms. The van der Waals surface area contributed by atoms with Gasteiger partial charge in [-0.05, 0) is 17.7 Å². The summed E-state index contributed by atoms with van der Waals surface area (Å²) in [5, 5.41) is 10.5. The van der Waals surface area contributed by atoms with Gasteiger partial charge in [-0.3, -0.25) is 9.89 Å². The van der Waals surface area contributed by atoms with Crippen molar-refractivity contribution < 1.29 is 9.32 Å². The van der Waals surface area contributed by atoms with Crippen LogP contribution in [-0.4, -0.2) is 38.2 Å². The van der Waals surface area contributed by atoms with E-state index < -0.39 is 0 Å². The summed E-state index contributed by atoms with van der Waals surface area (Å²) < 4.78 is 5.13. The molecule has 0 aliphatic carbocycles. The fourth-order valence-electron chi connectivity index (χ4n) is 2.23. The minimum atomic E-state index is -0.105. The summed E-state index contributed by atoms with van der Waals surface area (Å²) >= 11 is 0. The Morgan fingerprint density at radius 3 is 2.91 bits per heavy atom. The number of carbonyl (C=O) groups excluding carboxylic acids is 1. The summed E-state index contributed by atoms with van der Waals surface area (Å²) in [6.07, 6.45) is 4.21. The van der Waals surface area contributed by atoms with Gasteiger partial charge in [-0.2, -0.15) is 10.1 Å². The summed E-state index contributed by atoms with van der Waals surface area (Å²) in [6, 6.07) is 7.42. The van der Waals surface area contributed by atoms with E-state index in [2.05, 4.69) is 20.3 Å². The van der Waals surface area contributed by atoms with Crippen molar-refractivity contribution in [2.45, 2.75) is 19.9 Å². The monoisotopic (exact) mass is 311 g/mol. The third-order valence-corrected chi connectivity index (χ3v) is 3.49. The SMILES string of the molecule is CCc1noc(CN(C)C(=O)c2cccc(-c3cn[nH]c3)c2)n1. The number of aryl methyl sites for hydroxylation is 1. The Kier molecular flexibility index (Phi) is 4.18. The number of rotatable bonds is 5. The molecule has 7 heteroatoms. The molecule has 1 N–H and O–H groups in total. The van der Waals surface area contributed by atoms with Crippen LogP contribution in [0.4, 0.5) is 0 Å². The standard InChI is InChI=1S/C16H17N5O2/c1-3-14-19-15(23-20-14)10-21(2)16(22)12-6-4-5-11(7-12)13-8-17-18-9-13/h4-9H,3,10H2,1-2H3,(H,17,18). The van der Waals surface area contributed by atoms with E-state index in [1.165, 1.54) is 0 Å². The first-order valence-corrected chi connectivity index (χ1v) is 7.33. The molecule has 0 aliphatic rings. The van der Waals surface area contributed by atoms with Crippen molar-refractivity contribution in [1.82, 2.24) is 25.2 Å². The highest BCUT2D eigenvalue weighted by Gasteiger charge is 2.16. The second-order valence-electron chi connectivity index (χ2n) is 5.19. The quantitative estimate of drug-likeness (QED) is 0.781. The predicted octanol–water partition coefficient (Wildman–Crippen LogP) is 2.29. The van der Waals surface area contributed by atoms with Gasteiger partial charge in [0.15, 0.2) is 5.82 Å². The van der Waals surface area contributed by atoms with Crippen LogP contribution in [0, 0.1) is 0 Å². The number of hydrogen-bond acceptors (Lipinski definition) is 5. The van der Waals surface area contributed by atoms with E-state index in [1.54, 1.807) is 30.4 Å². The Balaban J connectivity index is 1.75. The van der Waals surface area contributed by atoms with Gasteiger partial charge >= 0.3 is 0 Å². The van der Waals surface area contributed by atoms with Gasteiger partial charge in [-0.25, -0.2) is 0 Å². The Morgan fingerprint density at radius 2 is 2.22 bits per heavy atom. The number of hydrogen-bond donors (Lipinski definition) is 1. The minimum absolute atomic E-state index is 0.105. The number of nitrogens with zero attached hydrogens (tertiary/aromatic N) is 4. The topological polar surface area (TPSA) is 87.9 Å². The van der Waals surface area contributed by atoms with Crippen LogP contribution in [-0.2, 0) is 13.0 Å². The van der Waals surface area contributed by atoms with Crippen molar-refractivity contribution in [2.75, 3.05) is 7.05 Å². The molecule has 1 aromatic carbocycles. The maximum Gasteiger partial charge on any atom is 0.254 e. The zero-order valence-corrected chi connectivity index (χ0v) is 13.0. The average Bonchev–Trinajstić information content (AvgIpc) is 3.25. The number of aromatic nitrogens is 4. The molecular weight excluding hydrogens is 294 g/mol. The Bertz CT molecular complexity index is 794. The van der Waals surface area contributed by atoms with Crippen LogP contribution in [0.5, 0.6) is 0 Å². The molecule has 3 rings (SSSR count). The molecule has 0 atom stereocenters. The lowest BCUT2D eigenvalue weighted by molar-refractivity contribution is 0.0769. The lowest BCUT2D eigenvalue weighted by Crippen LogP contribution is -2.26. The molecule has 0 bridgehead atoms. The molecule has 0 saturated heterocycles. The molecule has 0 aliphatic heterocycles. The summed E-state index contributed by atoms with van der Waals surface area (Å²) in [5.41, 5.74) is 2.47. The van der Waals surface area contributed by atoms with Crippen LogP contribution in [0.2, 0.25) is 0 Å². The first kappa shape index (κ1) is 15.0. The number of nitrogens with one attached hydrogen (secondary N) is 1. The molecule has 0 fully saturated rings. The van der Waals surface area contributed by atoms with Gasteiger partial charge in [0.25, 0.3) is 5.91 Å². The third-order valence-electron chi connectivity index (χ3n) is 3.49. The normalized spacial score (nSPS) is 10.7. The molecule has 0 radical (unpaired) electrons. The van der Waals surface area contributed by atoms with Crippen LogP contribution in [0.25, 0.3) is 11.1 Å². The summed E-state index contributed by atoms with van der Waals surface area (Å²) in [5.74, 6) is 0.970. The lowest BCUT2D eigenvalue weighted by atomic mass is 10.1. The second kappa shape index (κ2) is 6.43. The van der Waals surface area contributed by atoms with E-state index in [9.17, 15) is 4.79 Å². The van der Waals surface area contributed by atoms with E-state index in [1.807, 2.05) is 25.1 Å². The average molecular weight is 311 g/mol. The van der Waals surface area contributed by atoms with Gasteiger partial charge < -0.3 is 9.42 Å². The van der Waals surface area contributed by atoms with Gasteiger partial charge in [-0.1, -0.05) is 24.2 Å². The van der Waals surface area contributed by atoms with Crippen molar-refractivity contribution >= 4 is 5.91 Å². The summed E-state index contributed by atoms with van der Waals surface area (Å²) in [7, 11) is 1.71. The van der Waals surface area contributed by atoms with Gasteiger partial charge in [0.2, 0.25) is 5.89 Å². The lowest BCUT2D eigenvalue weighted by Gasteiger charge is -2.15. The van der Waals surface area contributed by atoms with Crippen LogP contribution < -0.4 is 0 Å². The minimum Gasteiger partial charge on any atom is -0.337 e. The van der Waals surface area contributed by atoms with Gasteiger partial charge in [0, 0.05) is 30.8 Å². The number of benzene rings is 1. The first-order valence-electron chi connectivity index (χ1n) is 7.33. The molecule has 0 saturated carbocycles. The van der Waals surface area contributed by atoms with Crippen LogP contribution >= 0.6 is 0 Å². The zero-order chi connectivity index (χ0) is 16.2. The highest BCUT2D eigenvalue weighted by atomic mass is 16.5. The van der Waals surface area contributed by atoms with E-state index in [0.717, 1.165) is 11.1 Å². The smallest absolute Gasteiger partial charge is 0.254 e. The van der Waals surface area contributed by atoms with E-state index >= 15 is 0 Å². The summed E-state index contributed by atoms with van der Waals surface area (Å²) in [6.45, 7) is 2.23. The van der Waals surface area contributed by atoms with Crippen molar-refractivity contribution in [1.29, 1.82) is 0 Å². The molecule has 2 heterocycles. The maximum absolute atomic E-state index is 12.6. The number of aromatic amines is 1. The Labute approximate surface area is 133 Å². The van der Waals surface area contributed by atoms with E-state index in [4.69, 9.17) is 4.52 Å². The maximum atomic E-state index is 12.6. The number of amides is 1. The largest absolute Gasteiger partial charge is 0.337 e. The molecule has 0 unspecified atom stereocenters. The highest BCUT2D eigenvalue weighted by Crippen LogP contribution is 2.19. The molecular formula is C16H17N5O2. The second-order valence-corrected chi connectivity index (χ2v) is 5.19. The van der Waals surface area contributed by atoms with Gasteiger partial charge in [0.1, 0.15) is 0 Å². The van der Waals surface area contributed by atoms with Crippen molar-refractivity contribution in [3.05, 3.63) is 53.9 Å². The van der Waals surface area contributed by atoms with Crippen molar-refractivity contribution in [2.24, 2.45) is 0 Å². The van der Waals surface area contributed by atoms with Crippen LogP contribution in [0.1, 0.15) is 29.0 Å². The number of H-pyrrole nitrogens is 1. The molecule has 3 aromatic rings. The Hall–Kier alpha value is -2.96. The van der Waals surface area contributed by atoms with Crippen LogP contribution in [0.3, 0.4) is 0 Å². The first-order chi connectivity index (χ1) is 11.2. The van der Waals surface area contributed by atoms with E-state index in [0.29, 0.717) is 23.7 Å². The van der Waals surface area contributed by atoms with E-state index in [-0.39, 0.29) is 12.5 Å². The van der Waals surface area contributed by atoms with Gasteiger partial charge in [-0.15, -0.1) is 0 Å². The highest BCUT2D eigenvalue weighted by molar-refractivity contribution is 5.95. The fraction of sp³-hybridized carbons (Fsp3) is 0.250. The third kappa shape index (κ3) is 3.28. The van der Waals surface area contributed by atoms with Crippen molar-refractivity contribution in [3.63, 3.8) is 0 Å². The Morgan fingerprint density at radius 1 is 1.35 bits per heavy atom. The molecule has 0 spiro atoms.